The first-order valence-corrected chi connectivity index (χ1v) is 9.14. The van der Waals surface area contributed by atoms with E-state index in [1.807, 2.05) is 30.5 Å². The first-order valence-electron chi connectivity index (χ1n) is 9.14. The average molecular weight is 361 g/mol. The van der Waals surface area contributed by atoms with Gasteiger partial charge < -0.3 is 15.1 Å². The summed E-state index contributed by atoms with van der Waals surface area (Å²) in [5.74, 6) is 2.38. The van der Waals surface area contributed by atoms with Gasteiger partial charge >= 0.3 is 0 Å². The molecule has 7 nitrogen and oxygen atoms in total. The molecule has 1 saturated heterocycles. The molecule has 1 N–H and O–H groups in total. The zero-order valence-corrected chi connectivity index (χ0v) is 15.6. The first-order chi connectivity index (χ1) is 13.2. The van der Waals surface area contributed by atoms with Crippen LogP contribution in [-0.2, 0) is 0 Å². The summed E-state index contributed by atoms with van der Waals surface area (Å²) >= 11 is 0. The molecular weight excluding hydrogens is 338 g/mol. The standard InChI is InChI=1S/C20H23N7/c1-15-6-5-7-17(16(15)2)23-18-14-22-25-20(24-18)27-12-10-26(11-13-27)19-8-3-4-9-21-19/h3-9,14H,10-13H2,1-2H3,(H,23,24,25). The summed E-state index contributed by atoms with van der Waals surface area (Å²) in [6, 6.07) is 12.2. The summed E-state index contributed by atoms with van der Waals surface area (Å²) in [4.78, 5) is 13.5. The van der Waals surface area contributed by atoms with Crippen molar-refractivity contribution >= 4 is 23.3 Å². The second kappa shape index (κ2) is 7.57. The number of hydrogen-bond acceptors (Lipinski definition) is 7. The quantitative estimate of drug-likeness (QED) is 0.766. The van der Waals surface area contributed by atoms with E-state index in [1.165, 1.54) is 11.1 Å². The van der Waals surface area contributed by atoms with Crippen LogP contribution in [0.25, 0.3) is 0 Å². The molecule has 138 valence electrons. The molecular formula is C20H23N7. The van der Waals surface area contributed by atoms with Gasteiger partial charge in [0, 0.05) is 38.1 Å². The van der Waals surface area contributed by atoms with Crippen LogP contribution in [-0.4, -0.2) is 46.3 Å². The highest BCUT2D eigenvalue weighted by molar-refractivity contribution is 5.62. The number of piperazine rings is 1. The van der Waals surface area contributed by atoms with E-state index in [0.717, 1.165) is 37.7 Å². The number of aromatic nitrogens is 4. The summed E-state index contributed by atoms with van der Waals surface area (Å²) in [6.45, 7) is 7.65. The summed E-state index contributed by atoms with van der Waals surface area (Å²) in [5.41, 5.74) is 3.50. The molecule has 0 aliphatic carbocycles. The molecule has 7 heteroatoms. The predicted octanol–water partition coefficient (Wildman–Crippen LogP) is 2.95. The normalized spacial score (nSPS) is 14.3. The number of nitrogens with one attached hydrogen (secondary N) is 1. The molecule has 0 amide bonds. The van der Waals surface area contributed by atoms with Gasteiger partial charge in [-0.15, -0.1) is 5.10 Å². The van der Waals surface area contributed by atoms with Crippen LogP contribution >= 0.6 is 0 Å². The van der Waals surface area contributed by atoms with Crippen LogP contribution in [0, 0.1) is 13.8 Å². The highest BCUT2D eigenvalue weighted by Crippen LogP contribution is 2.22. The van der Waals surface area contributed by atoms with E-state index in [4.69, 9.17) is 0 Å². The van der Waals surface area contributed by atoms with Crippen molar-refractivity contribution < 1.29 is 0 Å². The van der Waals surface area contributed by atoms with Gasteiger partial charge in [-0.1, -0.05) is 18.2 Å². The number of nitrogens with zero attached hydrogens (tertiary/aromatic N) is 6. The largest absolute Gasteiger partial charge is 0.353 e. The molecule has 0 atom stereocenters. The van der Waals surface area contributed by atoms with Crippen LogP contribution in [0.4, 0.5) is 23.3 Å². The summed E-state index contributed by atoms with van der Waals surface area (Å²) in [7, 11) is 0. The van der Waals surface area contributed by atoms with E-state index >= 15 is 0 Å². The Labute approximate surface area is 159 Å². The maximum Gasteiger partial charge on any atom is 0.247 e. The topological polar surface area (TPSA) is 70.1 Å². The molecule has 2 aromatic heterocycles. The fraction of sp³-hybridized carbons (Fsp3) is 0.300. The number of anilines is 4. The smallest absolute Gasteiger partial charge is 0.247 e. The maximum absolute atomic E-state index is 4.67. The molecule has 1 aliphatic rings. The Bertz CT molecular complexity index is 905. The third-order valence-corrected chi connectivity index (χ3v) is 4.95. The Kier molecular flexibility index (Phi) is 4.82. The van der Waals surface area contributed by atoms with Gasteiger partial charge in [0.15, 0.2) is 5.82 Å². The Hall–Kier alpha value is -3.22. The van der Waals surface area contributed by atoms with E-state index in [0.29, 0.717) is 11.8 Å². The molecule has 1 aliphatic heterocycles. The second-order valence-corrected chi connectivity index (χ2v) is 6.68. The van der Waals surface area contributed by atoms with Crippen LogP contribution in [0.5, 0.6) is 0 Å². The SMILES string of the molecule is Cc1cccc(Nc2cnnc(N3CCN(c4ccccn4)CC3)n2)c1C. The van der Waals surface area contributed by atoms with Gasteiger partial charge in [-0.05, 0) is 43.2 Å². The fourth-order valence-corrected chi connectivity index (χ4v) is 3.19. The molecule has 0 unspecified atom stereocenters. The number of pyridine rings is 1. The lowest BCUT2D eigenvalue weighted by molar-refractivity contribution is 0.630. The van der Waals surface area contributed by atoms with Crippen molar-refractivity contribution in [3.05, 3.63) is 59.9 Å². The van der Waals surface area contributed by atoms with Crippen molar-refractivity contribution in [2.75, 3.05) is 41.3 Å². The Morgan fingerprint density at radius 3 is 2.52 bits per heavy atom. The minimum atomic E-state index is 0.658. The van der Waals surface area contributed by atoms with E-state index < -0.39 is 0 Å². The van der Waals surface area contributed by atoms with Crippen molar-refractivity contribution in [1.29, 1.82) is 0 Å². The Morgan fingerprint density at radius 1 is 0.926 bits per heavy atom. The summed E-state index contributed by atoms with van der Waals surface area (Å²) < 4.78 is 0. The molecule has 0 saturated carbocycles. The van der Waals surface area contributed by atoms with Gasteiger partial charge in [-0.2, -0.15) is 10.1 Å². The zero-order chi connectivity index (χ0) is 18.6. The monoisotopic (exact) mass is 361 g/mol. The summed E-state index contributed by atoms with van der Waals surface area (Å²) in [5, 5.41) is 11.7. The molecule has 1 fully saturated rings. The van der Waals surface area contributed by atoms with Gasteiger partial charge in [0.1, 0.15) is 5.82 Å². The van der Waals surface area contributed by atoms with Crippen molar-refractivity contribution in [3.63, 3.8) is 0 Å². The van der Waals surface area contributed by atoms with E-state index in [9.17, 15) is 0 Å². The highest BCUT2D eigenvalue weighted by Gasteiger charge is 2.20. The minimum Gasteiger partial charge on any atom is -0.353 e. The average Bonchev–Trinajstić information content (AvgIpc) is 2.72. The van der Waals surface area contributed by atoms with Crippen molar-refractivity contribution in [1.82, 2.24) is 20.2 Å². The minimum absolute atomic E-state index is 0.658. The van der Waals surface area contributed by atoms with E-state index in [-0.39, 0.29) is 0 Å². The summed E-state index contributed by atoms with van der Waals surface area (Å²) in [6.07, 6.45) is 3.49. The lowest BCUT2D eigenvalue weighted by Crippen LogP contribution is -2.47. The van der Waals surface area contributed by atoms with E-state index in [1.54, 1.807) is 6.20 Å². The number of rotatable bonds is 4. The van der Waals surface area contributed by atoms with Crippen LogP contribution in [0.3, 0.4) is 0 Å². The zero-order valence-electron chi connectivity index (χ0n) is 15.6. The maximum atomic E-state index is 4.67. The van der Waals surface area contributed by atoms with Crippen molar-refractivity contribution in [2.45, 2.75) is 13.8 Å². The molecule has 1 aromatic carbocycles. The Balaban J connectivity index is 1.45. The molecule has 27 heavy (non-hydrogen) atoms. The molecule has 0 spiro atoms. The number of aryl methyl sites for hydroxylation is 1. The first kappa shape index (κ1) is 17.2. The van der Waals surface area contributed by atoms with Gasteiger partial charge in [0.25, 0.3) is 0 Å². The van der Waals surface area contributed by atoms with Gasteiger partial charge in [-0.25, -0.2) is 4.98 Å². The van der Waals surface area contributed by atoms with Gasteiger partial charge in [-0.3, -0.25) is 0 Å². The molecule has 4 rings (SSSR count). The molecule has 0 radical (unpaired) electrons. The fourth-order valence-electron chi connectivity index (χ4n) is 3.19. The molecule has 0 bridgehead atoms. The van der Waals surface area contributed by atoms with Crippen LogP contribution < -0.4 is 15.1 Å². The van der Waals surface area contributed by atoms with Gasteiger partial charge in [0.05, 0.1) is 6.20 Å². The van der Waals surface area contributed by atoms with Gasteiger partial charge in [0.2, 0.25) is 5.95 Å². The van der Waals surface area contributed by atoms with Crippen LogP contribution in [0.15, 0.2) is 48.8 Å². The number of benzene rings is 1. The second-order valence-electron chi connectivity index (χ2n) is 6.68. The van der Waals surface area contributed by atoms with Crippen molar-refractivity contribution in [3.8, 4) is 0 Å². The predicted molar refractivity (Wildman–Crippen MR) is 108 cm³/mol. The van der Waals surface area contributed by atoms with E-state index in [2.05, 4.69) is 61.3 Å². The third kappa shape index (κ3) is 3.81. The van der Waals surface area contributed by atoms with Crippen LogP contribution in [0.1, 0.15) is 11.1 Å². The lowest BCUT2D eigenvalue weighted by atomic mass is 10.1. The molecule has 3 aromatic rings. The highest BCUT2D eigenvalue weighted by atomic mass is 15.4. The van der Waals surface area contributed by atoms with Crippen LogP contribution in [0.2, 0.25) is 0 Å². The van der Waals surface area contributed by atoms with Crippen molar-refractivity contribution in [2.24, 2.45) is 0 Å². The Morgan fingerprint density at radius 2 is 1.74 bits per heavy atom. The lowest BCUT2D eigenvalue weighted by Gasteiger charge is -2.35. The molecule has 3 heterocycles. The third-order valence-electron chi connectivity index (χ3n) is 4.95. The number of hydrogen-bond donors (Lipinski definition) is 1.